The molecule has 0 saturated carbocycles. The zero-order valence-corrected chi connectivity index (χ0v) is 13.2. The third-order valence-corrected chi connectivity index (χ3v) is 4.26. The molecule has 0 fully saturated rings. The molecule has 3 N–H and O–H groups in total. The predicted molar refractivity (Wildman–Crippen MR) is 85.0 cm³/mol. The summed E-state index contributed by atoms with van der Waals surface area (Å²) in [6.45, 7) is 5.79. The van der Waals surface area contributed by atoms with Crippen LogP contribution in [0, 0.1) is 20.8 Å². The van der Waals surface area contributed by atoms with Crippen molar-refractivity contribution in [3.8, 4) is 0 Å². The van der Waals surface area contributed by atoms with Crippen molar-refractivity contribution in [3.05, 3.63) is 51.3 Å². The lowest BCUT2D eigenvalue weighted by molar-refractivity contribution is 0.102. The number of aromatic nitrogens is 1. The van der Waals surface area contributed by atoms with Gasteiger partial charge in [-0.2, -0.15) is 0 Å². The van der Waals surface area contributed by atoms with Crippen molar-refractivity contribution in [2.75, 3.05) is 11.1 Å². The van der Waals surface area contributed by atoms with Crippen molar-refractivity contribution >= 4 is 33.2 Å². The summed E-state index contributed by atoms with van der Waals surface area (Å²) in [7, 11) is 0. The topological polar surface area (TPSA) is 68.0 Å². The van der Waals surface area contributed by atoms with Crippen molar-refractivity contribution in [3.63, 3.8) is 0 Å². The molecule has 2 rings (SSSR count). The molecule has 1 amide bonds. The average molecular weight is 334 g/mol. The van der Waals surface area contributed by atoms with E-state index in [2.05, 4.69) is 26.2 Å². The highest BCUT2D eigenvalue weighted by Crippen LogP contribution is 2.25. The maximum atomic E-state index is 12.2. The minimum atomic E-state index is -0.254. The molecule has 0 bridgehead atoms. The van der Waals surface area contributed by atoms with Crippen molar-refractivity contribution in [1.82, 2.24) is 4.98 Å². The van der Waals surface area contributed by atoms with Crippen LogP contribution in [0.4, 0.5) is 11.4 Å². The minimum Gasteiger partial charge on any atom is -0.398 e. The van der Waals surface area contributed by atoms with Crippen LogP contribution in [0.1, 0.15) is 27.2 Å². The first-order valence-corrected chi connectivity index (χ1v) is 6.98. The second kappa shape index (κ2) is 5.63. The van der Waals surface area contributed by atoms with Crippen LogP contribution >= 0.6 is 15.9 Å². The molecule has 0 aliphatic rings. The summed E-state index contributed by atoms with van der Waals surface area (Å²) < 4.78 is 1.05. The van der Waals surface area contributed by atoms with Gasteiger partial charge in [-0.3, -0.25) is 9.78 Å². The Morgan fingerprint density at radius 3 is 2.35 bits per heavy atom. The highest BCUT2D eigenvalue weighted by molar-refractivity contribution is 9.10. The monoisotopic (exact) mass is 333 g/mol. The van der Waals surface area contributed by atoms with Gasteiger partial charge < -0.3 is 11.1 Å². The van der Waals surface area contributed by atoms with E-state index in [0.29, 0.717) is 11.3 Å². The number of hydrogen-bond acceptors (Lipinski definition) is 3. The van der Waals surface area contributed by atoms with Crippen LogP contribution in [0.3, 0.4) is 0 Å². The van der Waals surface area contributed by atoms with Crippen molar-refractivity contribution < 1.29 is 4.79 Å². The van der Waals surface area contributed by atoms with E-state index >= 15 is 0 Å². The molecule has 2 aromatic rings. The van der Waals surface area contributed by atoms with Gasteiger partial charge in [0.25, 0.3) is 5.91 Å². The van der Waals surface area contributed by atoms with Crippen molar-refractivity contribution in [1.29, 1.82) is 0 Å². The standard InChI is InChI=1S/C15H16BrN3O/c1-8-4-11(5-9(2)14(8)16)19-15(20)12-7-18-10(3)6-13(12)17/h4-7H,1-3H3,(H2,17,18)(H,19,20). The van der Waals surface area contributed by atoms with Gasteiger partial charge >= 0.3 is 0 Å². The Labute approximate surface area is 126 Å². The third kappa shape index (κ3) is 2.99. The van der Waals surface area contributed by atoms with E-state index in [1.54, 1.807) is 6.07 Å². The van der Waals surface area contributed by atoms with Crippen LogP contribution in [0.25, 0.3) is 0 Å². The molecular weight excluding hydrogens is 318 g/mol. The highest BCUT2D eigenvalue weighted by Gasteiger charge is 2.12. The van der Waals surface area contributed by atoms with Crippen LogP contribution < -0.4 is 11.1 Å². The van der Waals surface area contributed by atoms with E-state index in [4.69, 9.17) is 5.73 Å². The van der Waals surface area contributed by atoms with Gasteiger partial charge in [0.15, 0.2) is 0 Å². The maximum absolute atomic E-state index is 12.2. The summed E-state index contributed by atoms with van der Waals surface area (Å²) in [5.74, 6) is -0.254. The predicted octanol–water partition coefficient (Wildman–Crippen LogP) is 3.60. The fourth-order valence-electron chi connectivity index (χ4n) is 1.99. The summed E-state index contributed by atoms with van der Waals surface area (Å²) in [6, 6.07) is 5.51. The van der Waals surface area contributed by atoms with Gasteiger partial charge in [-0.25, -0.2) is 0 Å². The fraction of sp³-hybridized carbons (Fsp3) is 0.200. The molecular formula is C15H16BrN3O. The zero-order chi connectivity index (χ0) is 14.9. The van der Waals surface area contributed by atoms with Crippen LogP contribution in [-0.2, 0) is 0 Å². The van der Waals surface area contributed by atoms with Crippen LogP contribution in [0.15, 0.2) is 28.9 Å². The highest BCUT2D eigenvalue weighted by atomic mass is 79.9. The average Bonchev–Trinajstić information content (AvgIpc) is 2.35. The number of aryl methyl sites for hydroxylation is 3. The van der Waals surface area contributed by atoms with Gasteiger partial charge in [-0.1, -0.05) is 15.9 Å². The van der Waals surface area contributed by atoms with Gasteiger partial charge in [0.05, 0.1) is 5.56 Å². The van der Waals surface area contributed by atoms with Crippen LogP contribution in [0.5, 0.6) is 0 Å². The van der Waals surface area contributed by atoms with Crippen molar-refractivity contribution in [2.24, 2.45) is 0 Å². The SMILES string of the molecule is Cc1cc(N)c(C(=O)Nc2cc(C)c(Br)c(C)c2)cn1. The second-order valence-electron chi connectivity index (χ2n) is 4.79. The quantitative estimate of drug-likeness (QED) is 0.882. The lowest BCUT2D eigenvalue weighted by Gasteiger charge is -2.11. The molecule has 0 aliphatic carbocycles. The number of carbonyl (C=O) groups is 1. The first-order valence-electron chi connectivity index (χ1n) is 6.18. The summed E-state index contributed by atoms with van der Waals surface area (Å²) in [5.41, 5.74) is 10.3. The Bertz CT molecular complexity index is 660. The van der Waals surface area contributed by atoms with Gasteiger partial charge in [-0.15, -0.1) is 0 Å². The number of nitrogens with one attached hydrogen (secondary N) is 1. The molecule has 104 valence electrons. The van der Waals surface area contributed by atoms with Crippen molar-refractivity contribution in [2.45, 2.75) is 20.8 Å². The number of amides is 1. The number of hydrogen-bond donors (Lipinski definition) is 2. The van der Waals surface area contributed by atoms with Gasteiger partial charge in [0, 0.05) is 27.7 Å². The molecule has 0 saturated heterocycles. The molecule has 1 heterocycles. The van der Waals surface area contributed by atoms with E-state index < -0.39 is 0 Å². The first kappa shape index (κ1) is 14.5. The summed E-state index contributed by atoms with van der Waals surface area (Å²) in [5, 5.41) is 2.85. The molecule has 4 nitrogen and oxygen atoms in total. The number of benzene rings is 1. The first-order chi connectivity index (χ1) is 9.38. The lowest BCUT2D eigenvalue weighted by Crippen LogP contribution is -2.15. The molecule has 1 aromatic carbocycles. The van der Waals surface area contributed by atoms with Gasteiger partial charge in [-0.05, 0) is 50.1 Å². The summed E-state index contributed by atoms with van der Waals surface area (Å²) >= 11 is 3.50. The summed E-state index contributed by atoms with van der Waals surface area (Å²) in [6.07, 6.45) is 1.50. The van der Waals surface area contributed by atoms with E-state index in [1.165, 1.54) is 6.20 Å². The molecule has 0 radical (unpaired) electrons. The molecule has 5 heteroatoms. The molecule has 1 aromatic heterocycles. The summed E-state index contributed by atoms with van der Waals surface area (Å²) in [4.78, 5) is 16.3. The van der Waals surface area contributed by atoms with Crippen LogP contribution in [-0.4, -0.2) is 10.9 Å². The lowest BCUT2D eigenvalue weighted by atomic mass is 10.1. The Hall–Kier alpha value is -1.88. The number of nitrogen functional groups attached to an aromatic ring is 1. The van der Waals surface area contributed by atoms with E-state index in [-0.39, 0.29) is 5.91 Å². The van der Waals surface area contributed by atoms with E-state index in [1.807, 2.05) is 32.9 Å². The Balaban J connectivity index is 2.28. The molecule has 0 spiro atoms. The number of halogens is 1. The van der Waals surface area contributed by atoms with E-state index in [9.17, 15) is 4.79 Å². The smallest absolute Gasteiger partial charge is 0.259 e. The number of anilines is 2. The second-order valence-corrected chi connectivity index (χ2v) is 5.58. The maximum Gasteiger partial charge on any atom is 0.259 e. The van der Waals surface area contributed by atoms with E-state index in [0.717, 1.165) is 27.0 Å². The molecule has 0 atom stereocenters. The zero-order valence-electron chi connectivity index (χ0n) is 11.6. The normalized spacial score (nSPS) is 10.4. The number of nitrogens with zero attached hydrogens (tertiary/aromatic N) is 1. The number of nitrogens with two attached hydrogens (primary N) is 1. The van der Waals surface area contributed by atoms with Crippen LogP contribution in [0.2, 0.25) is 0 Å². The molecule has 0 unspecified atom stereocenters. The Kier molecular flexibility index (Phi) is 4.09. The minimum absolute atomic E-state index is 0.254. The largest absolute Gasteiger partial charge is 0.398 e. The molecule has 0 aliphatic heterocycles. The number of pyridine rings is 1. The Morgan fingerprint density at radius 1 is 1.20 bits per heavy atom. The third-order valence-electron chi connectivity index (χ3n) is 3.01. The van der Waals surface area contributed by atoms with Gasteiger partial charge in [0.1, 0.15) is 0 Å². The fourth-order valence-corrected chi connectivity index (χ4v) is 2.22. The van der Waals surface area contributed by atoms with Gasteiger partial charge in [0.2, 0.25) is 0 Å². The Morgan fingerprint density at radius 2 is 1.80 bits per heavy atom. The number of rotatable bonds is 2. The number of carbonyl (C=O) groups excluding carboxylic acids is 1. The molecule has 20 heavy (non-hydrogen) atoms.